The van der Waals surface area contributed by atoms with Crippen LogP contribution in [0.1, 0.15) is 11.1 Å². The molecule has 3 rings (SSSR count). The molecule has 0 spiro atoms. The van der Waals surface area contributed by atoms with E-state index in [4.69, 9.17) is 11.6 Å². The van der Waals surface area contributed by atoms with Crippen LogP contribution in [0.15, 0.2) is 48.8 Å². The first-order valence-corrected chi connectivity index (χ1v) is 6.53. The maximum atomic E-state index is 6.02. The molecule has 4 heteroatoms. The molecular weight excluding hydrogens is 258 g/mol. The molecule has 0 bridgehead atoms. The Hall–Kier alpha value is -2.00. The number of rotatable bonds is 3. The fourth-order valence-electron chi connectivity index (χ4n) is 2.10. The fraction of sp³-hybridized carbons (Fsp3) is 0.133. The lowest BCUT2D eigenvalue weighted by Crippen LogP contribution is -2.00. The van der Waals surface area contributed by atoms with Crippen LogP contribution in [-0.2, 0) is 6.54 Å². The lowest BCUT2D eigenvalue weighted by atomic mass is 10.2. The van der Waals surface area contributed by atoms with E-state index in [1.807, 2.05) is 47.2 Å². The lowest BCUT2D eigenvalue weighted by Gasteiger charge is -2.09. The zero-order valence-corrected chi connectivity index (χ0v) is 11.4. The number of pyridine rings is 1. The van der Waals surface area contributed by atoms with Crippen LogP contribution >= 0.6 is 11.6 Å². The molecule has 0 fully saturated rings. The Labute approximate surface area is 116 Å². The first-order chi connectivity index (χ1) is 9.24. The van der Waals surface area contributed by atoms with Crippen molar-refractivity contribution in [2.24, 2.45) is 0 Å². The Balaban J connectivity index is 1.84. The summed E-state index contributed by atoms with van der Waals surface area (Å²) < 4.78 is 1.88. The summed E-state index contributed by atoms with van der Waals surface area (Å²) in [5.74, 6) is 0. The van der Waals surface area contributed by atoms with Gasteiger partial charge in [-0.1, -0.05) is 23.7 Å². The molecule has 2 aromatic heterocycles. The van der Waals surface area contributed by atoms with E-state index in [1.54, 1.807) is 0 Å². The number of nitrogens with one attached hydrogen (secondary N) is 1. The van der Waals surface area contributed by atoms with Crippen LogP contribution in [0.3, 0.4) is 0 Å². The van der Waals surface area contributed by atoms with Crippen LogP contribution in [0.2, 0.25) is 5.02 Å². The van der Waals surface area contributed by atoms with Gasteiger partial charge < -0.3 is 5.32 Å². The highest BCUT2D eigenvalue weighted by Crippen LogP contribution is 2.21. The number of anilines is 1. The molecule has 0 amide bonds. The molecule has 0 aliphatic carbocycles. The Kier molecular flexibility index (Phi) is 3.13. The number of halogens is 1. The van der Waals surface area contributed by atoms with Crippen molar-refractivity contribution in [3.05, 3.63) is 64.9 Å². The highest BCUT2D eigenvalue weighted by Gasteiger charge is 2.04. The predicted molar refractivity (Wildman–Crippen MR) is 78.7 cm³/mol. The van der Waals surface area contributed by atoms with Gasteiger partial charge in [0, 0.05) is 29.0 Å². The van der Waals surface area contributed by atoms with Gasteiger partial charge in [-0.15, -0.1) is 0 Å². The van der Waals surface area contributed by atoms with Crippen molar-refractivity contribution in [3.63, 3.8) is 0 Å². The summed E-state index contributed by atoms with van der Waals surface area (Å²) in [5, 5.41) is 8.48. The summed E-state index contributed by atoms with van der Waals surface area (Å²) in [4.78, 5) is 0. The smallest absolute Gasteiger partial charge is 0.0711 e. The third-order valence-electron chi connectivity index (χ3n) is 3.18. The largest absolute Gasteiger partial charge is 0.381 e. The topological polar surface area (TPSA) is 29.3 Å². The third kappa shape index (κ3) is 2.42. The molecule has 3 nitrogen and oxygen atoms in total. The number of aryl methyl sites for hydroxylation is 1. The van der Waals surface area contributed by atoms with Gasteiger partial charge in [0.1, 0.15) is 0 Å². The maximum absolute atomic E-state index is 6.02. The first-order valence-electron chi connectivity index (χ1n) is 6.15. The van der Waals surface area contributed by atoms with E-state index in [1.165, 1.54) is 11.1 Å². The Bertz CT molecular complexity index is 718. The summed E-state index contributed by atoms with van der Waals surface area (Å²) in [5.41, 5.74) is 4.53. The van der Waals surface area contributed by atoms with Crippen LogP contribution in [0.25, 0.3) is 5.52 Å². The zero-order valence-electron chi connectivity index (χ0n) is 10.6. The van der Waals surface area contributed by atoms with Crippen molar-refractivity contribution < 1.29 is 0 Å². The number of nitrogens with zero attached hydrogens (tertiary/aromatic N) is 2. The molecule has 0 radical (unpaired) electrons. The van der Waals surface area contributed by atoms with Gasteiger partial charge in [-0.2, -0.15) is 5.10 Å². The molecule has 2 heterocycles. The molecule has 19 heavy (non-hydrogen) atoms. The molecule has 0 aliphatic heterocycles. The average molecular weight is 272 g/mol. The van der Waals surface area contributed by atoms with Gasteiger partial charge in [0.25, 0.3) is 0 Å². The van der Waals surface area contributed by atoms with Crippen molar-refractivity contribution in [3.8, 4) is 0 Å². The molecule has 1 aromatic carbocycles. The van der Waals surface area contributed by atoms with Crippen molar-refractivity contribution >= 4 is 22.8 Å². The molecule has 0 saturated heterocycles. The standard InChI is InChI=1S/C15H14ClN3/c1-11-5-6-13(16)8-14(11)17-9-12-10-18-19-7-3-2-4-15(12)19/h2-8,10,17H,9H2,1H3. The van der Waals surface area contributed by atoms with E-state index < -0.39 is 0 Å². The van der Waals surface area contributed by atoms with Gasteiger partial charge in [-0.25, -0.2) is 4.52 Å². The first kappa shape index (κ1) is 12.1. The third-order valence-corrected chi connectivity index (χ3v) is 3.41. The highest BCUT2D eigenvalue weighted by molar-refractivity contribution is 6.30. The van der Waals surface area contributed by atoms with E-state index in [-0.39, 0.29) is 0 Å². The lowest BCUT2D eigenvalue weighted by molar-refractivity contribution is 0.961. The van der Waals surface area contributed by atoms with Crippen LogP contribution in [0, 0.1) is 6.92 Å². The number of hydrogen-bond donors (Lipinski definition) is 1. The highest BCUT2D eigenvalue weighted by atomic mass is 35.5. The SMILES string of the molecule is Cc1ccc(Cl)cc1NCc1cnn2ccccc12. The number of aromatic nitrogens is 2. The Morgan fingerprint density at radius 2 is 2.16 bits per heavy atom. The predicted octanol–water partition coefficient (Wildman–Crippen LogP) is 3.91. The summed E-state index contributed by atoms with van der Waals surface area (Å²) in [6.07, 6.45) is 3.84. The summed E-state index contributed by atoms with van der Waals surface area (Å²) in [7, 11) is 0. The van der Waals surface area contributed by atoms with Crippen LogP contribution in [0.4, 0.5) is 5.69 Å². The van der Waals surface area contributed by atoms with Gasteiger partial charge in [-0.05, 0) is 36.8 Å². The summed E-state index contributed by atoms with van der Waals surface area (Å²) in [6.45, 7) is 2.80. The minimum absolute atomic E-state index is 0.731. The second-order valence-electron chi connectivity index (χ2n) is 4.51. The molecule has 0 aliphatic rings. The van der Waals surface area contributed by atoms with Crippen LogP contribution < -0.4 is 5.32 Å². The van der Waals surface area contributed by atoms with Gasteiger partial charge in [0.05, 0.1) is 11.7 Å². The zero-order chi connectivity index (χ0) is 13.2. The van der Waals surface area contributed by atoms with E-state index in [2.05, 4.69) is 23.4 Å². The minimum Gasteiger partial charge on any atom is -0.381 e. The second-order valence-corrected chi connectivity index (χ2v) is 4.95. The Morgan fingerprint density at radius 1 is 1.26 bits per heavy atom. The number of fused-ring (bicyclic) bond motifs is 1. The minimum atomic E-state index is 0.731. The van der Waals surface area contributed by atoms with Gasteiger partial charge in [-0.3, -0.25) is 0 Å². The summed E-state index contributed by atoms with van der Waals surface area (Å²) >= 11 is 6.02. The molecule has 3 aromatic rings. The molecular formula is C15H14ClN3. The average Bonchev–Trinajstić information content (AvgIpc) is 2.83. The van der Waals surface area contributed by atoms with Crippen molar-refractivity contribution in [1.82, 2.24) is 9.61 Å². The summed E-state index contributed by atoms with van der Waals surface area (Å²) in [6, 6.07) is 11.9. The molecule has 1 N–H and O–H groups in total. The molecule has 0 atom stereocenters. The quantitative estimate of drug-likeness (QED) is 0.783. The van der Waals surface area contributed by atoms with Gasteiger partial charge in [0.15, 0.2) is 0 Å². The van der Waals surface area contributed by atoms with E-state index in [0.29, 0.717) is 0 Å². The van der Waals surface area contributed by atoms with E-state index >= 15 is 0 Å². The van der Waals surface area contributed by atoms with Crippen molar-refractivity contribution in [2.75, 3.05) is 5.32 Å². The van der Waals surface area contributed by atoms with Crippen LogP contribution in [-0.4, -0.2) is 9.61 Å². The molecule has 0 unspecified atom stereocenters. The van der Waals surface area contributed by atoms with Gasteiger partial charge in [0.2, 0.25) is 0 Å². The van der Waals surface area contributed by atoms with Crippen molar-refractivity contribution in [2.45, 2.75) is 13.5 Å². The van der Waals surface area contributed by atoms with Crippen LogP contribution in [0.5, 0.6) is 0 Å². The molecule has 0 saturated carbocycles. The normalized spacial score (nSPS) is 10.8. The Morgan fingerprint density at radius 3 is 3.05 bits per heavy atom. The maximum Gasteiger partial charge on any atom is 0.0711 e. The monoisotopic (exact) mass is 271 g/mol. The number of hydrogen-bond acceptors (Lipinski definition) is 2. The van der Waals surface area contributed by atoms with E-state index in [9.17, 15) is 0 Å². The fourth-order valence-corrected chi connectivity index (χ4v) is 2.27. The number of benzene rings is 1. The van der Waals surface area contributed by atoms with Crippen molar-refractivity contribution in [1.29, 1.82) is 0 Å². The van der Waals surface area contributed by atoms with Gasteiger partial charge >= 0.3 is 0 Å². The van der Waals surface area contributed by atoms with E-state index in [0.717, 1.165) is 22.8 Å². The molecule has 96 valence electrons. The second kappa shape index (κ2) is 4.94.